The Bertz CT molecular complexity index is 627. The minimum Gasteiger partial charge on any atom is -0.495 e. The summed E-state index contributed by atoms with van der Waals surface area (Å²) in [5.74, 6) is 0.0923. The molecule has 0 radical (unpaired) electrons. The van der Waals surface area contributed by atoms with Gasteiger partial charge < -0.3 is 10.1 Å². The Labute approximate surface area is 116 Å². The van der Waals surface area contributed by atoms with Crippen molar-refractivity contribution in [2.75, 3.05) is 27.2 Å². The van der Waals surface area contributed by atoms with Crippen molar-refractivity contribution < 1.29 is 18.1 Å². The van der Waals surface area contributed by atoms with E-state index in [1.165, 1.54) is 30.6 Å². The molecule has 2 rings (SSSR count). The van der Waals surface area contributed by atoms with Crippen molar-refractivity contribution in [3.8, 4) is 5.75 Å². The molecule has 1 N–H and O–H groups in total. The first-order valence-electron chi connectivity index (χ1n) is 5.89. The van der Waals surface area contributed by atoms with Gasteiger partial charge in [-0.25, -0.2) is 8.42 Å². The van der Waals surface area contributed by atoms with Crippen LogP contribution in [0, 0.1) is 10.1 Å². The molecular weight excluding hydrogens is 286 g/mol. The molecule has 1 aromatic carbocycles. The Hall–Kier alpha value is -1.71. The Balaban J connectivity index is 2.48. The highest BCUT2D eigenvalue weighted by atomic mass is 32.2. The van der Waals surface area contributed by atoms with Crippen LogP contribution in [0.2, 0.25) is 0 Å². The molecule has 0 atom stereocenters. The summed E-state index contributed by atoms with van der Waals surface area (Å²) in [5.41, 5.74) is -0.287. The van der Waals surface area contributed by atoms with Crippen molar-refractivity contribution >= 4 is 15.7 Å². The molecule has 0 spiro atoms. The maximum atomic E-state index is 12.5. The third kappa shape index (κ3) is 2.47. The van der Waals surface area contributed by atoms with E-state index in [0.29, 0.717) is 13.1 Å². The van der Waals surface area contributed by atoms with E-state index in [-0.39, 0.29) is 22.4 Å². The lowest BCUT2D eigenvalue weighted by Crippen LogP contribution is -2.57. The third-order valence-corrected chi connectivity index (χ3v) is 5.22. The lowest BCUT2D eigenvalue weighted by molar-refractivity contribution is -0.385. The number of methoxy groups -OCH3 is 1. The molecule has 1 aromatic rings. The quantitative estimate of drug-likeness (QED) is 0.615. The number of ether oxygens (including phenoxy) is 1. The van der Waals surface area contributed by atoms with Gasteiger partial charge in [0.05, 0.1) is 12.0 Å². The summed E-state index contributed by atoms with van der Waals surface area (Å²) in [4.78, 5) is 9.97. The summed E-state index contributed by atoms with van der Waals surface area (Å²) in [6.07, 6.45) is 0. The number of benzene rings is 1. The van der Waals surface area contributed by atoms with E-state index in [0.717, 1.165) is 6.07 Å². The van der Waals surface area contributed by atoms with E-state index in [2.05, 4.69) is 5.32 Å². The van der Waals surface area contributed by atoms with Crippen LogP contribution in [0.1, 0.15) is 0 Å². The van der Waals surface area contributed by atoms with Crippen molar-refractivity contribution in [3.63, 3.8) is 0 Å². The van der Waals surface area contributed by atoms with Crippen LogP contribution < -0.4 is 10.1 Å². The van der Waals surface area contributed by atoms with Crippen LogP contribution in [-0.4, -0.2) is 50.9 Å². The molecule has 0 saturated carbocycles. The molecule has 0 aromatic heterocycles. The van der Waals surface area contributed by atoms with E-state index >= 15 is 0 Å². The monoisotopic (exact) mass is 301 g/mol. The van der Waals surface area contributed by atoms with E-state index in [1.807, 2.05) is 0 Å². The molecule has 0 aliphatic carbocycles. The Morgan fingerprint density at radius 2 is 2.10 bits per heavy atom. The normalized spacial score (nSPS) is 15.9. The smallest absolute Gasteiger partial charge is 0.271 e. The Morgan fingerprint density at radius 3 is 2.55 bits per heavy atom. The zero-order valence-electron chi connectivity index (χ0n) is 11.1. The highest BCUT2D eigenvalue weighted by Crippen LogP contribution is 2.31. The van der Waals surface area contributed by atoms with Crippen LogP contribution in [-0.2, 0) is 10.0 Å². The number of rotatable bonds is 5. The topological polar surface area (TPSA) is 102 Å². The number of likely N-dealkylation sites (N-methyl/N-ethyl adjacent to an activating group) is 1. The lowest BCUT2D eigenvalue weighted by Gasteiger charge is -2.34. The zero-order valence-corrected chi connectivity index (χ0v) is 11.9. The molecule has 0 amide bonds. The van der Waals surface area contributed by atoms with Crippen LogP contribution in [0.15, 0.2) is 23.1 Å². The predicted molar refractivity (Wildman–Crippen MR) is 71.3 cm³/mol. The maximum absolute atomic E-state index is 12.5. The molecular formula is C11H15N3O5S. The average molecular weight is 301 g/mol. The van der Waals surface area contributed by atoms with Gasteiger partial charge in [-0.1, -0.05) is 0 Å². The second-order valence-electron chi connectivity index (χ2n) is 4.43. The molecule has 1 heterocycles. The van der Waals surface area contributed by atoms with E-state index in [4.69, 9.17) is 4.74 Å². The highest BCUT2D eigenvalue weighted by molar-refractivity contribution is 7.89. The number of nitro groups is 1. The fourth-order valence-corrected chi connectivity index (χ4v) is 3.39. The molecule has 1 saturated heterocycles. The molecule has 0 bridgehead atoms. The van der Waals surface area contributed by atoms with E-state index in [1.54, 1.807) is 0 Å². The predicted octanol–water partition coefficient (Wildman–Crippen LogP) is 0.196. The highest BCUT2D eigenvalue weighted by Gasteiger charge is 2.34. The molecule has 110 valence electrons. The van der Waals surface area contributed by atoms with Gasteiger partial charge in [0.2, 0.25) is 10.0 Å². The van der Waals surface area contributed by atoms with Crippen molar-refractivity contribution in [1.82, 2.24) is 9.62 Å². The van der Waals surface area contributed by atoms with Gasteiger partial charge in [0.25, 0.3) is 5.69 Å². The van der Waals surface area contributed by atoms with Gasteiger partial charge in [-0.15, -0.1) is 0 Å². The van der Waals surface area contributed by atoms with Crippen LogP contribution in [0.3, 0.4) is 0 Å². The molecule has 1 aliphatic heterocycles. The minimum atomic E-state index is -3.83. The second-order valence-corrected chi connectivity index (χ2v) is 6.39. The van der Waals surface area contributed by atoms with Gasteiger partial charge in [-0.2, -0.15) is 4.31 Å². The van der Waals surface area contributed by atoms with Crippen LogP contribution in [0.25, 0.3) is 0 Å². The van der Waals surface area contributed by atoms with Crippen molar-refractivity contribution in [3.05, 3.63) is 28.3 Å². The zero-order chi connectivity index (χ0) is 14.9. The van der Waals surface area contributed by atoms with Gasteiger partial charge in [0.15, 0.2) is 0 Å². The molecule has 1 aliphatic rings. The van der Waals surface area contributed by atoms with Gasteiger partial charge >= 0.3 is 0 Å². The maximum Gasteiger partial charge on any atom is 0.271 e. The van der Waals surface area contributed by atoms with Gasteiger partial charge in [0.1, 0.15) is 10.6 Å². The van der Waals surface area contributed by atoms with Gasteiger partial charge in [-0.3, -0.25) is 10.1 Å². The number of nitrogens with one attached hydrogen (secondary N) is 1. The molecule has 0 unspecified atom stereocenters. The Morgan fingerprint density at radius 1 is 1.45 bits per heavy atom. The summed E-state index contributed by atoms with van der Waals surface area (Å²) in [5, 5.41) is 13.8. The molecule has 8 nitrogen and oxygen atoms in total. The first-order chi connectivity index (χ1) is 9.37. The van der Waals surface area contributed by atoms with Gasteiger partial charge in [0, 0.05) is 38.3 Å². The molecule has 9 heteroatoms. The van der Waals surface area contributed by atoms with Crippen LogP contribution in [0.4, 0.5) is 5.69 Å². The van der Waals surface area contributed by atoms with Crippen molar-refractivity contribution in [1.29, 1.82) is 0 Å². The number of non-ortho nitro benzene ring substituents is 1. The lowest BCUT2D eigenvalue weighted by atomic mass is 10.2. The fourth-order valence-electron chi connectivity index (χ4n) is 1.86. The summed E-state index contributed by atoms with van der Waals surface area (Å²) in [6.45, 7) is 1.12. The van der Waals surface area contributed by atoms with Crippen molar-refractivity contribution in [2.24, 2.45) is 0 Å². The summed E-state index contributed by atoms with van der Waals surface area (Å²) in [6, 6.07) is 3.38. The van der Waals surface area contributed by atoms with Crippen LogP contribution in [0.5, 0.6) is 5.75 Å². The second kappa shape index (κ2) is 5.35. The standard InChI is InChI=1S/C11H15N3O5S/c1-13(9-6-12-7-9)20(17,18)11-5-8(14(15)16)3-4-10(11)19-2/h3-5,9,12H,6-7H2,1-2H3. The Kier molecular flexibility index (Phi) is 3.93. The number of hydrogen-bond acceptors (Lipinski definition) is 6. The molecule has 1 fully saturated rings. The first kappa shape index (κ1) is 14.7. The largest absolute Gasteiger partial charge is 0.495 e. The minimum absolute atomic E-state index is 0.0923. The SMILES string of the molecule is COc1ccc([N+](=O)[O-])cc1S(=O)(=O)N(C)C1CNC1. The van der Waals surface area contributed by atoms with Crippen molar-refractivity contribution in [2.45, 2.75) is 10.9 Å². The molecule has 20 heavy (non-hydrogen) atoms. The first-order valence-corrected chi connectivity index (χ1v) is 7.33. The van der Waals surface area contributed by atoms with E-state index < -0.39 is 14.9 Å². The fraction of sp³-hybridized carbons (Fsp3) is 0.455. The number of nitrogens with zero attached hydrogens (tertiary/aromatic N) is 2. The summed E-state index contributed by atoms with van der Waals surface area (Å²) < 4.78 is 31.3. The average Bonchev–Trinajstić information content (AvgIpc) is 2.35. The van der Waals surface area contributed by atoms with E-state index in [9.17, 15) is 18.5 Å². The van der Waals surface area contributed by atoms with Gasteiger partial charge in [-0.05, 0) is 6.07 Å². The van der Waals surface area contributed by atoms with Crippen LogP contribution >= 0.6 is 0 Å². The summed E-state index contributed by atoms with van der Waals surface area (Å²) >= 11 is 0. The number of hydrogen-bond donors (Lipinski definition) is 1. The third-order valence-electron chi connectivity index (χ3n) is 3.29. The number of sulfonamides is 1. The number of nitro benzene ring substituents is 1. The summed E-state index contributed by atoms with van der Waals surface area (Å²) in [7, 11) is -1.05.